The van der Waals surface area contributed by atoms with Crippen LogP contribution >= 0.6 is 11.3 Å². The Labute approximate surface area is 196 Å². The Kier molecular flexibility index (Phi) is 6.68. The van der Waals surface area contributed by atoms with Gasteiger partial charge in [0.1, 0.15) is 23.7 Å². The molecule has 34 heavy (non-hydrogen) atoms. The third kappa shape index (κ3) is 5.84. The van der Waals surface area contributed by atoms with E-state index in [1.807, 2.05) is 6.07 Å². The Morgan fingerprint density at radius 1 is 0.971 bits per heavy atom. The van der Waals surface area contributed by atoms with Crippen LogP contribution in [0.2, 0.25) is 0 Å². The van der Waals surface area contributed by atoms with E-state index >= 15 is 0 Å². The van der Waals surface area contributed by atoms with Crippen molar-refractivity contribution in [1.82, 2.24) is 25.3 Å². The first-order chi connectivity index (χ1) is 16.3. The molecule has 0 saturated heterocycles. The molecule has 1 aromatic carbocycles. The van der Waals surface area contributed by atoms with Gasteiger partial charge in [-0.1, -0.05) is 17.4 Å². The monoisotopic (exact) mass is 485 g/mol. The quantitative estimate of drug-likeness (QED) is 0.325. The summed E-state index contributed by atoms with van der Waals surface area (Å²) in [7, 11) is 0. The molecule has 3 heterocycles. The smallest absolute Gasteiger partial charge is 0.343 e. The largest absolute Gasteiger partial charge is 0.416 e. The van der Waals surface area contributed by atoms with Crippen molar-refractivity contribution in [2.75, 3.05) is 10.6 Å². The molecule has 0 fully saturated rings. The topological polar surface area (TPSA) is 105 Å². The minimum absolute atomic E-state index is 0.174. The summed E-state index contributed by atoms with van der Waals surface area (Å²) in [6.45, 7) is 1.79. The van der Waals surface area contributed by atoms with E-state index in [0.29, 0.717) is 22.5 Å². The third-order valence-corrected chi connectivity index (χ3v) is 5.68. The SMILES string of the molecule is CC(NC(=O)c1cc(Nc2ccccn2)ncn1)c1cnc(Nc2ccc(C(F)(F)F)cc2)s1. The van der Waals surface area contributed by atoms with Crippen LogP contribution in [-0.4, -0.2) is 25.8 Å². The number of anilines is 4. The van der Waals surface area contributed by atoms with Crippen LogP contribution in [0, 0.1) is 0 Å². The predicted molar refractivity (Wildman–Crippen MR) is 122 cm³/mol. The normalized spacial score (nSPS) is 12.1. The van der Waals surface area contributed by atoms with E-state index in [4.69, 9.17) is 0 Å². The van der Waals surface area contributed by atoms with E-state index in [0.717, 1.165) is 17.0 Å². The summed E-state index contributed by atoms with van der Waals surface area (Å²) in [5.41, 5.74) is -0.0790. The molecule has 4 rings (SSSR count). The van der Waals surface area contributed by atoms with Gasteiger partial charge in [-0.3, -0.25) is 4.79 Å². The Hall–Kier alpha value is -4.06. The third-order valence-electron chi connectivity index (χ3n) is 4.58. The van der Waals surface area contributed by atoms with Gasteiger partial charge in [-0.2, -0.15) is 13.2 Å². The molecule has 8 nitrogen and oxygen atoms in total. The number of pyridine rings is 1. The Bertz CT molecular complexity index is 1260. The summed E-state index contributed by atoms with van der Waals surface area (Å²) in [6.07, 6.45) is 0.119. The van der Waals surface area contributed by atoms with Gasteiger partial charge in [-0.15, -0.1) is 0 Å². The average molecular weight is 485 g/mol. The minimum atomic E-state index is -4.39. The highest BCUT2D eigenvalue weighted by atomic mass is 32.1. The summed E-state index contributed by atoms with van der Waals surface area (Å²) >= 11 is 1.28. The number of carbonyl (C=O) groups excluding carboxylic acids is 1. The molecule has 0 radical (unpaired) electrons. The molecule has 12 heteroatoms. The first-order valence-corrected chi connectivity index (χ1v) is 10.8. The van der Waals surface area contributed by atoms with E-state index < -0.39 is 17.6 Å². The molecule has 0 aliphatic heterocycles. The lowest BCUT2D eigenvalue weighted by molar-refractivity contribution is -0.137. The highest BCUT2D eigenvalue weighted by Gasteiger charge is 2.30. The number of hydrogen-bond acceptors (Lipinski definition) is 8. The summed E-state index contributed by atoms with van der Waals surface area (Å²) in [4.78, 5) is 29.9. The number of aromatic nitrogens is 4. The van der Waals surface area contributed by atoms with Crippen LogP contribution in [0.1, 0.15) is 33.9 Å². The van der Waals surface area contributed by atoms with Crippen molar-refractivity contribution in [3.8, 4) is 0 Å². The van der Waals surface area contributed by atoms with Crippen LogP contribution in [-0.2, 0) is 6.18 Å². The van der Waals surface area contributed by atoms with Crippen molar-refractivity contribution in [2.45, 2.75) is 19.1 Å². The fourth-order valence-electron chi connectivity index (χ4n) is 2.87. The molecule has 0 aliphatic carbocycles. The van der Waals surface area contributed by atoms with Gasteiger partial charge in [0.2, 0.25) is 0 Å². The van der Waals surface area contributed by atoms with Crippen molar-refractivity contribution in [1.29, 1.82) is 0 Å². The van der Waals surface area contributed by atoms with Crippen LogP contribution in [0.25, 0.3) is 0 Å². The Morgan fingerprint density at radius 3 is 2.47 bits per heavy atom. The lowest BCUT2D eigenvalue weighted by Crippen LogP contribution is -2.27. The van der Waals surface area contributed by atoms with E-state index in [-0.39, 0.29) is 11.7 Å². The average Bonchev–Trinajstić information content (AvgIpc) is 3.28. The molecule has 4 aromatic rings. The first-order valence-electron chi connectivity index (χ1n) is 9.99. The number of thiazole rings is 1. The molecule has 0 spiro atoms. The number of alkyl halides is 3. The summed E-state index contributed by atoms with van der Waals surface area (Å²) in [6, 6.07) is 11.2. The second-order valence-corrected chi connectivity index (χ2v) is 8.15. The zero-order chi connectivity index (χ0) is 24.1. The van der Waals surface area contributed by atoms with Gasteiger partial charge in [0.15, 0.2) is 5.13 Å². The molecular weight excluding hydrogens is 467 g/mol. The minimum Gasteiger partial charge on any atom is -0.343 e. The Morgan fingerprint density at radius 2 is 1.76 bits per heavy atom. The molecule has 3 N–H and O–H groups in total. The molecule has 0 aliphatic rings. The van der Waals surface area contributed by atoms with Crippen molar-refractivity contribution >= 4 is 39.7 Å². The number of hydrogen-bond donors (Lipinski definition) is 3. The van der Waals surface area contributed by atoms with E-state index in [2.05, 4.69) is 35.9 Å². The number of carbonyl (C=O) groups is 1. The Balaban J connectivity index is 1.37. The van der Waals surface area contributed by atoms with Gasteiger partial charge < -0.3 is 16.0 Å². The van der Waals surface area contributed by atoms with Gasteiger partial charge in [-0.25, -0.2) is 19.9 Å². The lowest BCUT2D eigenvalue weighted by Gasteiger charge is -2.12. The first kappa shape index (κ1) is 23.1. The number of rotatable bonds is 7. The zero-order valence-corrected chi connectivity index (χ0v) is 18.5. The summed E-state index contributed by atoms with van der Waals surface area (Å²) in [5.74, 6) is 0.607. The predicted octanol–water partition coefficient (Wildman–Crippen LogP) is 5.33. The second kappa shape index (κ2) is 9.83. The number of nitrogens with one attached hydrogen (secondary N) is 3. The van der Waals surface area contributed by atoms with Crippen molar-refractivity contribution in [2.24, 2.45) is 0 Å². The highest BCUT2D eigenvalue weighted by molar-refractivity contribution is 7.15. The maximum absolute atomic E-state index is 12.7. The highest BCUT2D eigenvalue weighted by Crippen LogP contribution is 2.31. The molecule has 1 atom stereocenters. The fourth-order valence-corrected chi connectivity index (χ4v) is 3.71. The maximum Gasteiger partial charge on any atom is 0.416 e. The van der Waals surface area contributed by atoms with Gasteiger partial charge in [0.05, 0.1) is 11.6 Å². The maximum atomic E-state index is 12.7. The van der Waals surface area contributed by atoms with Crippen molar-refractivity contribution in [3.63, 3.8) is 0 Å². The van der Waals surface area contributed by atoms with Gasteiger partial charge >= 0.3 is 6.18 Å². The summed E-state index contributed by atoms with van der Waals surface area (Å²) in [5, 5.41) is 9.30. The zero-order valence-electron chi connectivity index (χ0n) is 17.7. The molecule has 3 aromatic heterocycles. The van der Waals surface area contributed by atoms with Crippen molar-refractivity contribution < 1.29 is 18.0 Å². The van der Waals surface area contributed by atoms with Crippen LogP contribution < -0.4 is 16.0 Å². The van der Waals surface area contributed by atoms with Crippen LogP contribution in [0.5, 0.6) is 0 Å². The number of nitrogens with zero attached hydrogens (tertiary/aromatic N) is 4. The standard InChI is InChI=1S/C22H18F3N7OS/c1-13(17-11-27-21(34-17)31-15-7-5-14(6-8-15)22(23,24)25)30-20(33)16-10-19(29-12-28-16)32-18-4-2-3-9-26-18/h2-13H,1H3,(H,27,31)(H,30,33)(H,26,28,29,32). The van der Waals surface area contributed by atoms with E-state index in [9.17, 15) is 18.0 Å². The number of amides is 1. The van der Waals surface area contributed by atoms with Crippen LogP contribution in [0.15, 0.2) is 67.3 Å². The number of halogens is 3. The molecule has 174 valence electrons. The summed E-state index contributed by atoms with van der Waals surface area (Å²) < 4.78 is 38.1. The van der Waals surface area contributed by atoms with Gasteiger partial charge in [0, 0.05) is 29.0 Å². The van der Waals surface area contributed by atoms with Crippen molar-refractivity contribution in [3.05, 3.63) is 83.4 Å². The molecule has 0 bridgehead atoms. The molecule has 1 amide bonds. The number of benzene rings is 1. The second-order valence-electron chi connectivity index (χ2n) is 7.09. The molecular formula is C22H18F3N7OS. The fraction of sp³-hybridized carbons (Fsp3) is 0.136. The molecule has 0 saturated carbocycles. The lowest BCUT2D eigenvalue weighted by atomic mass is 10.2. The van der Waals surface area contributed by atoms with Crippen LogP contribution in [0.4, 0.5) is 35.6 Å². The van der Waals surface area contributed by atoms with Crippen LogP contribution in [0.3, 0.4) is 0 Å². The van der Waals surface area contributed by atoms with Gasteiger partial charge in [0.25, 0.3) is 5.91 Å². The van der Waals surface area contributed by atoms with E-state index in [1.165, 1.54) is 35.9 Å². The van der Waals surface area contributed by atoms with E-state index in [1.54, 1.807) is 31.5 Å². The molecule has 1 unspecified atom stereocenters. The van der Waals surface area contributed by atoms with Gasteiger partial charge in [-0.05, 0) is 43.3 Å².